The number of ketones is 1. The van der Waals surface area contributed by atoms with Crippen molar-refractivity contribution in [1.82, 2.24) is 19.9 Å². The Labute approximate surface area is 96.1 Å². The number of Topliss-reactive ketones (excluding diaryl/α,β-unsaturated/α-hetero) is 1. The minimum absolute atomic E-state index is 0.354. The van der Waals surface area contributed by atoms with E-state index in [1.807, 2.05) is 0 Å². The van der Waals surface area contributed by atoms with Crippen LogP contribution in [0.1, 0.15) is 19.3 Å². The third-order valence-corrected chi connectivity index (χ3v) is 3.94. The summed E-state index contributed by atoms with van der Waals surface area (Å²) in [4.78, 5) is 26.6. The fourth-order valence-electron chi connectivity index (χ4n) is 1.87. The summed E-state index contributed by atoms with van der Waals surface area (Å²) in [7, 11) is 0. The first-order valence-electron chi connectivity index (χ1n) is 5.15. The fourth-order valence-corrected chi connectivity index (χ4v) is 3.07. The molecule has 0 aliphatic heterocycles. The van der Waals surface area contributed by atoms with E-state index in [4.69, 9.17) is 0 Å². The Kier molecular flexibility index (Phi) is 2.36. The standard InChI is InChI=1S/C10H10N4OS/c15-6-1-2-7(3-6)16-10-8-9(12-4-11-8)13-5-14-10/h4-5,7H,1-3H2,(H,11,12,13,14). The van der Waals surface area contributed by atoms with Gasteiger partial charge in [-0.15, -0.1) is 11.8 Å². The van der Waals surface area contributed by atoms with E-state index in [9.17, 15) is 4.79 Å². The van der Waals surface area contributed by atoms with Gasteiger partial charge in [0.05, 0.1) is 6.33 Å². The van der Waals surface area contributed by atoms with Crippen LogP contribution < -0.4 is 0 Å². The summed E-state index contributed by atoms with van der Waals surface area (Å²) < 4.78 is 0. The van der Waals surface area contributed by atoms with E-state index in [0.717, 1.165) is 17.0 Å². The molecule has 0 radical (unpaired) electrons. The van der Waals surface area contributed by atoms with E-state index in [1.54, 1.807) is 18.1 Å². The van der Waals surface area contributed by atoms with Crippen LogP contribution in [-0.4, -0.2) is 31.0 Å². The van der Waals surface area contributed by atoms with E-state index in [0.29, 0.717) is 29.5 Å². The second-order valence-corrected chi connectivity index (χ2v) is 5.09. The molecule has 1 fully saturated rings. The Balaban J connectivity index is 1.88. The number of hydrogen-bond acceptors (Lipinski definition) is 5. The number of H-pyrrole nitrogens is 1. The van der Waals surface area contributed by atoms with Crippen LogP contribution in [0.5, 0.6) is 0 Å². The molecule has 0 saturated heterocycles. The molecule has 82 valence electrons. The average Bonchev–Trinajstić information content (AvgIpc) is 2.87. The number of aromatic nitrogens is 4. The van der Waals surface area contributed by atoms with E-state index in [-0.39, 0.29) is 0 Å². The first-order valence-corrected chi connectivity index (χ1v) is 6.03. The molecule has 6 heteroatoms. The third kappa shape index (κ3) is 1.69. The van der Waals surface area contributed by atoms with Crippen LogP contribution in [0.15, 0.2) is 17.7 Å². The normalized spacial score (nSPS) is 20.8. The van der Waals surface area contributed by atoms with Crippen LogP contribution in [0.25, 0.3) is 11.2 Å². The van der Waals surface area contributed by atoms with Gasteiger partial charge in [0, 0.05) is 18.1 Å². The predicted molar refractivity (Wildman–Crippen MR) is 60.2 cm³/mol. The van der Waals surface area contributed by atoms with Crippen LogP contribution in [0, 0.1) is 0 Å². The number of carbonyl (C=O) groups is 1. The summed E-state index contributed by atoms with van der Waals surface area (Å²) in [5.74, 6) is 0.354. The molecule has 1 unspecified atom stereocenters. The molecular formula is C10H10N4OS. The Morgan fingerprint density at radius 2 is 2.31 bits per heavy atom. The number of hydrogen-bond donors (Lipinski definition) is 1. The molecule has 0 bridgehead atoms. The van der Waals surface area contributed by atoms with Gasteiger partial charge in [0.25, 0.3) is 0 Å². The SMILES string of the molecule is O=C1CCC(Sc2ncnc3nc[nH]c23)C1. The lowest BCUT2D eigenvalue weighted by Gasteiger charge is -2.06. The van der Waals surface area contributed by atoms with Gasteiger partial charge in [-0.3, -0.25) is 4.79 Å². The average molecular weight is 234 g/mol. The Bertz CT molecular complexity index is 538. The van der Waals surface area contributed by atoms with Crippen LogP contribution in [-0.2, 0) is 4.79 Å². The summed E-state index contributed by atoms with van der Waals surface area (Å²) in [6, 6.07) is 0. The number of nitrogens with one attached hydrogen (secondary N) is 1. The number of thioether (sulfide) groups is 1. The number of carbonyl (C=O) groups excluding carboxylic acids is 1. The van der Waals surface area contributed by atoms with Crippen LogP contribution >= 0.6 is 11.8 Å². The molecule has 1 aliphatic carbocycles. The summed E-state index contributed by atoms with van der Waals surface area (Å²) in [5, 5.41) is 1.25. The van der Waals surface area contributed by atoms with Crippen LogP contribution in [0.2, 0.25) is 0 Å². The van der Waals surface area contributed by atoms with Gasteiger partial charge in [0.2, 0.25) is 0 Å². The summed E-state index contributed by atoms with van der Waals surface area (Å²) in [5.41, 5.74) is 1.55. The number of aromatic amines is 1. The van der Waals surface area contributed by atoms with Gasteiger partial charge >= 0.3 is 0 Å². The minimum atomic E-state index is 0.354. The third-order valence-electron chi connectivity index (χ3n) is 2.67. The number of imidazole rings is 1. The minimum Gasteiger partial charge on any atom is -0.341 e. The van der Waals surface area contributed by atoms with E-state index < -0.39 is 0 Å². The van der Waals surface area contributed by atoms with Crippen LogP contribution in [0.4, 0.5) is 0 Å². The second kappa shape index (κ2) is 3.86. The highest BCUT2D eigenvalue weighted by Crippen LogP contribution is 2.34. The molecule has 1 atom stereocenters. The Morgan fingerprint density at radius 3 is 3.12 bits per heavy atom. The smallest absolute Gasteiger partial charge is 0.181 e. The van der Waals surface area contributed by atoms with Gasteiger partial charge in [0.1, 0.15) is 22.7 Å². The summed E-state index contributed by atoms with van der Waals surface area (Å²) >= 11 is 1.65. The number of fused-ring (bicyclic) bond motifs is 1. The molecule has 0 amide bonds. The first-order chi connectivity index (χ1) is 7.83. The van der Waals surface area contributed by atoms with Crippen molar-refractivity contribution >= 4 is 28.7 Å². The van der Waals surface area contributed by atoms with E-state index >= 15 is 0 Å². The van der Waals surface area contributed by atoms with Gasteiger partial charge in [-0.2, -0.15) is 0 Å². The Hall–Kier alpha value is -1.43. The van der Waals surface area contributed by atoms with Gasteiger partial charge in [-0.05, 0) is 6.42 Å². The molecule has 2 aromatic rings. The van der Waals surface area contributed by atoms with Crippen molar-refractivity contribution in [3.8, 4) is 0 Å². The number of nitrogens with zero attached hydrogens (tertiary/aromatic N) is 3. The zero-order chi connectivity index (χ0) is 11.0. The monoisotopic (exact) mass is 234 g/mol. The zero-order valence-electron chi connectivity index (χ0n) is 8.51. The number of rotatable bonds is 2. The summed E-state index contributed by atoms with van der Waals surface area (Å²) in [6.45, 7) is 0. The molecule has 1 saturated carbocycles. The lowest BCUT2D eigenvalue weighted by atomic mass is 10.4. The van der Waals surface area contributed by atoms with Gasteiger partial charge in [0.15, 0.2) is 5.65 Å². The molecule has 2 aromatic heterocycles. The van der Waals surface area contributed by atoms with Gasteiger partial charge in [-0.1, -0.05) is 0 Å². The highest BCUT2D eigenvalue weighted by Gasteiger charge is 2.24. The predicted octanol–water partition coefficient (Wildman–Crippen LogP) is 1.57. The maximum Gasteiger partial charge on any atom is 0.181 e. The van der Waals surface area contributed by atoms with Crippen molar-refractivity contribution in [1.29, 1.82) is 0 Å². The lowest BCUT2D eigenvalue weighted by Crippen LogP contribution is -1.98. The molecule has 5 nitrogen and oxygen atoms in total. The molecule has 1 aliphatic rings. The maximum absolute atomic E-state index is 11.2. The summed E-state index contributed by atoms with van der Waals surface area (Å²) in [6.07, 6.45) is 5.44. The van der Waals surface area contributed by atoms with Gasteiger partial charge < -0.3 is 4.98 Å². The van der Waals surface area contributed by atoms with Crippen molar-refractivity contribution in [2.75, 3.05) is 0 Å². The topological polar surface area (TPSA) is 71.5 Å². The molecule has 1 N–H and O–H groups in total. The molecule has 3 rings (SSSR count). The highest BCUT2D eigenvalue weighted by molar-refractivity contribution is 8.00. The maximum atomic E-state index is 11.2. The quantitative estimate of drug-likeness (QED) is 0.798. The van der Waals surface area contributed by atoms with Crippen molar-refractivity contribution < 1.29 is 4.79 Å². The largest absolute Gasteiger partial charge is 0.341 e. The molecule has 16 heavy (non-hydrogen) atoms. The second-order valence-electron chi connectivity index (χ2n) is 3.80. The molecule has 2 heterocycles. The van der Waals surface area contributed by atoms with Crippen LogP contribution in [0.3, 0.4) is 0 Å². The first kappa shape index (κ1) is 9.77. The molecular weight excluding hydrogens is 224 g/mol. The van der Waals surface area contributed by atoms with E-state index in [2.05, 4.69) is 19.9 Å². The van der Waals surface area contributed by atoms with E-state index in [1.165, 1.54) is 6.33 Å². The van der Waals surface area contributed by atoms with Crippen molar-refractivity contribution in [2.45, 2.75) is 29.5 Å². The van der Waals surface area contributed by atoms with Crippen molar-refractivity contribution in [2.24, 2.45) is 0 Å². The fraction of sp³-hybridized carbons (Fsp3) is 0.400. The zero-order valence-corrected chi connectivity index (χ0v) is 9.33. The van der Waals surface area contributed by atoms with Crippen molar-refractivity contribution in [3.63, 3.8) is 0 Å². The lowest BCUT2D eigenvalue weighted by molar-refractivity contribution is -0.117. The highest BCUT2D eigenvalue weighted by atomic mass is 32.2. The van der Waals surface area contributed by atoms with Crippen molar-refractivity contribution in [3.05, 3.63) is 12.7 Å². The molecule has 0 spiro atoms. The van der Waals surface area contributed by atoms with Gasteiger partial charge in [-0.25, -0.2) is 15.0 Å². The molecule has 0 aromatic carbocycles. The Morgan fingerprint density at radius 1 is 1.38 bits per heavy atom.